The Morgan fingerprint density at radius 2 is 1.82 bits per heavy atom. The van der Waals surface area contributed by atoms with Gasteiger partial charge in [-0.25, -0.2) is 0 Å². The predicted molar refractivity (Wildman–Crippen MR) is 74.7 cm³/mol. The number of rotatable bonds is 8. The third kappa shape index (κ3) is 5.84. The molecule has 3 N–H and O–H groups in total. The summed E-state index contributed by atoms with van der Waals surface area (Å²) in [5, 5.41) is 0. The van der Waals surface area contributed by atoms with Crippen molar-refractivity contribution in [2.24, 2.45) is 11.8 Å². The molecule has 1 saturated carbocycles. The molecule has 1 fully saturated rings. The Labute approximate surface area is 107 Å². The first-order chi connectivity index (χ1) is 8.30. The standard InChI is InChI=1S/C14H31N3/c1-3-17(4-2)11-10-14(16-15)12-13-8-6-5-7-9-13/h13-14,16H,3-12,15H2,1-2H3. The summed E-state index contributed by atoms with van der Waals surface area (Å²) in [6.45, 7) is 7.94. The van der Waals surface area contributed by atoms with Gasteiger partial charge in [-0.3, -0.25) is 11.3 Å². The summed E-state index contributed by atoms with van der Waals surface area (Å²) in [6, 6.07) is 0.513. The minimum Gasteiger partial charge on any atom is -0.304 e. The van der Waals surface area contributed by atoms with Crippen LogP contribution in [0.5, 0.6) is 0 Å². The topological polar surface area (TPSA) is 41.3 Å². The molecule has 102 valence electrons. The highest BCUT2D eigenvalue weighted by Gasteiger charge is 2.18. The van der Waals surface area contributed by atoms with Crippen LogP contribution in [0, 0.1) is 5.92 Å². The first kappa shape index (κ1) is 14.9. The monoisotopic (exact) mass is 241 g/mol. The second-order valence-corrected chi connectivity index (χ2v) is 5.42. The van der Waals surface area contributed by atoms with Crippen molar-refractivity contribution < 1.29 is 0 Å². The van der Waals surface area contributed by atoms with Crippen molar-refractivity contribution in [1.29, 1.82) is 0 Å². The van der Waals surface area contributed by atoms with Crippen molar-refractivity contribution in [3.05, 3.63) is 0 Å². The van der Waals surface area contributed by atoms with Gasteiger partial charge in [0.15, 0.2) is 0 Å². The molecule has 0 heterocycles. The van der Waals surface area contributed by atoms with Crippen molar-refractivity contribution in [2.45, 2.75) is 64.8 Å². The lowest BCUT2D eigenvalue weighted by Crippen LogP contribution is -2.39. The Morgan fingerprint density at radius 3 is 2.35 bits per heavy atom. The van der Waals surface area contributed by atoms with Crippen LogP contribution in [0.1, 0.15) is 58.8 Å². The van der Waals surface area contributed by atoms with Crippen molar-refractivity contribution in [3.8, 4) is 0 Å². The lowest BCUT2D eigenvalue weighted by Gasteiger charge is -2.27. The molecule has 0 aromatic rings. The maximum atomic E-state index is 5.69. The smallest absolute Gasteiger partial charge is 0.0225 e. The second-order valence-electron chi connectivity index (χ2n) is 5.42. The van der Waals surface area contributed by atoms with E-state index in [1.807, 2.05) is 0 Å². The van der Waals surface area contributed by atoms with Gasteiger partial charge in [0.05, 0.1) is 0 Å². The highest BCUT2D eigenvalue weighted by atomic mass is 15.2. The van der Waals surface area contributed by atoms with Gasteiger partial charge >= 0.3 is 0 Å². The highest BCUT2D eigenvalue weighted by molar-refractivity contribution is 4.74. The summed E-state index contributed by atoms with van der Waals surface area (Å²) in [5.41, 5.74) is 3.03. The molecule has 0 aromatic carbocycles. The van der Waals surface area contributed by atoms with E-state index in [4.69, 9.17) is 5.84 Å². The Bertz CT molecular complexity index is 174. The molecule has 1 aliphatic rings. The first-order valence-electron chi connectivity index (χ1n) is 7.48. The normalized spacial score (nSPS) is 19.8. The summed E-state index contributed by atoms with van der Waals surface area (Å²) >= 11 is 0. The molecule has 0 radical (unpaired) electrons. The van der Waals surface area contributed by atoms with Gasteiger partial charge in [0, 0.05) is 6.04 Å². The van der Waals surface area contributed by atoms with Gasteiger partial charge in [0.25, 0.3) is 0 Å². The van der Waals surface area contributed by atoms with Crippen LogP contribution in [0.2, 0.25) is 0 Å². The number of nitrogens with two attached hydrogens (primary N) is 1. The largest absolute Gasteiger partial charge is 0.304 e. The van der Waals surface area contributed by atoms with Crippen LogP contribution >= 0.6 is 0 Å². The molecular weight excluding hydrogens is 210 g/mol. The predicted octanol–water partition coefficient (Wildman–Crippen LogP) is 2.52. The van der Waals surface area contributed by atoms with Crippen LogP contribution in [0.3, 0.4) is 0 Å². The second kappa shape index (κ2) is 8.90. The maximum Gasteiger partial charge on any atom is 0.0225 e. The number of nitrogens with zero attached hydrogens (tertiary/aromatic N) is 1. The fourth-order valence-corrected chi connectivity index (χ4v) is 2.97. The molecule has 3 nitrogen and oxygen atoms in total. The molecule has 0 spiro atoms. The molecule has 0 aliphatic heterocycles. The van der Waals surface area contributed by atoms with Gasteiger partial charge in [0.2, 0.25) is 0 Å². The lowest BCUT2D eigenvalue weighted by atomic mass is 9.84. The molecule has 1 atom stereocenters. The van der Waals surface area contributed by atoms with Gasteiger partial charge < -0.3 is 4.90 Å². The van der Waals surface area contributed by atoms with Crippen molar-refractivity contribution in [2.75, 3.05) is 19.6 Å². The van der Waals surface area contributed by atoms with E-state index in [1.165, 1.54) is 51.5 Å². The Morgan fingerprint density at radius 1 is 1.18 bits per heavy atom. The van der Waals surface area contributed by atoms with Gasteiger partial charge in [-0.2, -0.15) is 0 Å². The maximum absolute atomic E-state index is 5.69. The van der Waals surface area contributed by atoms with Gasteiger partial charge in [-0.15, -0.1) is 0 Å². The van der Waals surface area contributed by atoms with E-state index >= 15 is 0 Å². The molecule has 0 saturated heterocycles. The summed E-state index contributed by atoms with van der Waals surface area (Å²) < 4.78 is 0. The fraction of sp³-hybridized carbons (Fsp3) is 1.00. The van der Waals surface area contributed by atoms with E-state index in [2.05, 4.69) is 24.2 Å². The average Bonchev–Trinajstić information content (AvgIpc) is 2.39. The zero-order valence-corrected chi connectivity index (χ0v) is 11.8. The molecular formula is C14H31N3. The van der Waals surface area contributed by atoms with Crippen molar-refractivity contribution in [1.82, 2.24) is 10.3 Å². The third-order valence-electron chi connectivity index (χ3n) is 4.27. The minimum absolute atomic E-state index is 0.513. The van der Waals surface area contributed by atoms with Crippen LogP contribution in [0.4, 0.5) is 0 Å². The molecule has 0 amide bonds. The summed E-state index contributed by atoms with van der Waals surface area (Å²) in [5.74, 6) is 6.61. The van der Waals surface area contributed by atoms with E-state index < -0.39 is 0 Å². The van der Waals surface area contributed by atoms with Crippen LogP contribution in [0.15, 0.2) is 0 Å². The fourth-order valence-electron chi connectivity index (χ4n) is 2.97. The molecule has 1 rings (SSSR count). The summed E-state index contributed by atoms with van der Waals surface area (Å²) in [6.07, 6.45) is 9.60. The molecule has 17 heavy (non-hydrogen) atoms. The Kier molecular flexibility index (Phi) is 7.82. The van der Waals surface area contributed by atoms with Crippen molar-refractivity contribution >= 4 is 0 Å². The van der Waals surface area contributed by atoms with E-state index in [1.54, 1.807) is 0 Å². The summed E-state index contributed by atoms with van der Waals surface area (Å²) in [4.78, 5) is 2.48. The minimum atomic E-state index is 0.513. The van der Waals surface area contributed by atoms with E-state index in [0.717, 1.165) is 19.0 Å². The number of hydrazine groups is 1. The number of hydrogen-bond donors (Lipinski definition) is 2. The lowest BCUT2D eigenvalue weighted by molar-refractivity contribution is 0.249. The SMILES string of the molecule is CCN(CC)CCC(CC1CCCCC1)NN. The van der Waals surface area contributed by atoms with Crippen molar-refractivity contribution in [3.63, 3.8) is 0 Å². The van der Waals surface area contributed by atoms with Crippen LogP contribution < -0.4 is 11.3 Å². The molecule has 0 bridgehead atoms. The van der Waals surface area contributed by atoms with Gasteiger partial charge in [0.1, 0.15) is 0 Å². The quantitative estimate of drug-likeness (QED) is 0.507. The average molecular weight is 241 g/mol. The molecule has 0 aromatic heterocycles. The Balaban J connectivity index is 2.22. The molecule has 1 aliphatic carbocycles. The van der Waals surface area contributed by atoms with Crippen LogP contribution in [-0.2, 0) is 0 Å². The van der Waals surface area contributed by atoms with E-state index in [9.17, 15) is 0 Å². The highest BCUT2D eigenvalue weighted by Crippen LogP contribution is 2.27. The van der Waals surface area contributed by atoms with Crippen LogP contribution in [-0.4, -0.2) is 30.6 Å². The zero-order chi connectivity index (χ0) is 12.5. The first-order valence-corrected chi connectivity index (χ1v) is 7.48. The zero-order valence-electron chi connectivity index (χ0n) is 11.8. The van der Waals surface area contributed by atoms with E-state index in [0.29, 0.717) is 6.04 Å². The third-order valence-corrected chi connectivity index (χ3v) is 4.27. The van der Waals surface area contributed by atoms with E-state index in [-0.39, 0.29) is 0 Å². The van der Waals surface area contributed by atoms with Gasteiger partial charge in [-0.05, 0) is 38.4 Å². The number of nitrogens with one attached hydrogen (secondary N) is 1. The van der Waals surface area contributed by atoms with Crippen LogP contribution in [0.25, 0.3) is 0 Å². The molecule has 1 unspecified atom stereocenters. The molecule has 3 heteroatoms. The van der Waals surface area contributed by atoms with Gasteiger partial charge in [-0.1, -0.05) is 46.0 Å². The summed E-state index contributed by atoms with van der Waals surface area (Å²) in [7, 11) is 0. The number of hydrogen-bond acceptors (Lipinski definition) is 3. The Hall–Kier alpha value is -0.120.